The topological polar surface area (TPSA) is 88.9 Å². The van der Waals surface area contributed by atoms with Crippen LogP contribution in [0.15, 0.2) is 30.6 Å². The Kier molecular flexibility index (Phi) is 2.32. The molecule has 0 saturated carbocycles. The summed E-state index contributed by atoms with van der Waals surface area (Å²) >= 11 is 0. The molecule has 0 aliphatic carbocycles. The molecule has 2 aromatic rings. The predicted molar refractivity (Wildman–Crippen MR) is 50.0 cm³/mol. The van der Waals surface area contributed by atoms with E-state index in [0.29, 0.717) is 11.4 Å². The molecule has 0 unspecified atom stereocenters. The molecule has 0 spiro atoms. The van der Waals surface area contributed by atoms with Gasteiger partial charge in [0.15, 0.2) is 6.33 Å². The van der Waals surface area contributed by atoms with E-state index in [1.54, 1.807) is 12.1 Å². The lowest BCUT2D eigenvalue weighted by atomic mass is 10.1. The van der Waals surface area contributed by atoms with Crippen LogP contribution in [0.5, 0.6) is 0 Å². The smallest absolute Gasteiger partial charge is 0.335 e. The van der Waals surface area contributed by atoms with Crippen molar-refractivity contribution < 1.29 is 9.90 Å². The molecule has 0 aliphatic rings. The zero-order chi connectivity index (χ0) is 10.7. The lowest BCUT2D eigenvalue weighted by Gasteiger charge is -1.97. The SMILES string of the molecule is O=C(O)c1ccc(-c2nncnn2)cc1. The van der Waals surface area contributed by atoms with Crippen LogP contribution in [-0.4, -0.2) is 31.5 Å². The zero-order valence-corrected chi connectivity index (χ0v) is 7.53. The largest absolute Gasteiger partial charge is 0.478 e. The molecular weight excluding hydrogens is 196 g/mol. The van der Waals surface area contributed by atoms with Crippen LogP contribution in [0.4, 0.5) is 0 Å². The van der Waals surface area contributed by atoms with Crippen LogP contribution in [-0.2, 0) is 0 Å². The highest BCUT2D eigenvalue weighted by Gasteiger charge is 2.04. The van der Waals surface area contributed by atoms with Crippen molar-refractivity contribution in [3.63, 3.8) is 0 Å². The molecular formula is C9H6N4O2. The molecule has 0 bridgehead atoms. The predicted octanol–water partition coefficient (Wildman–Crippen LogP) is 0.632. The maximum atomic E-state index is 10.6. The second-order valence-electron chi connectivity index (χ2n) is 2.75. The lowest BCUT2D eigenvalue weighted by Crippen LogP contribution is -1.97. The minimum atomic E-state index is -0.966. The quantitative estimate of drug-likeness (QED) is 0.768. The van der Waals surface area contributed by atoms with E-state index >= 15 is 0 Å². The Labute approximate surface area is 84.6 Å². The van der Waals surface area contributed by atoms with Crippen LogP contribution in [0.1, 0.15) is 10.4 Å². The highest BCUT2D eigenvalue weighted by atomic mass is 16.4. The first kappa shape index (κ1) is 9.20. The van der Waals surface area contributed by atoms with E-state index in [1.807, 2.05) is 0 Å². The molecule has 1 aromatic heterocycles. The number of aromatic carboxylic acids is 1. The average Bonchev–Trinajstić information content (AvgIpc) is 2.30. The normalized spacial score (nSPS) is 9.87. The second kappa shape index (κ2) is 3.79. The van der Waals surface area contributed by atoms with Gasteiger partial charge in [-0.1, -0.05) is 12.1 Å². The fourth-order valence-electron chi connectivity index (χ4n) is 1.08. The number of hydrogen-bond acceptors (Lipinski definition) is 5. The second-order valence-corrected chi connectivity index (χ2v) is 2.75. The summed E-state index contributed by atoms with van der Waals surface area (Å²) < 4.78 is 0. The van der Waals surface area contributed by atoms with Gasteiger partial charge in [-0.15, -0.1) is 20.4 Å². The van der Waals surface area contributed by atoms with E-state index in [2.05, 4.69) is 20.4 Å². The van der Waals surface area contributed by atoms with Crippen molar-refractivity contribution in [2.45, 2.75) is 0 Å². The van der Waals surface area contributed by atoms with E-state index in [4.69, 9.17) is 5.11 Å². The monoisotopic (exact) mass is 202 g/mol. The molecule has 0 amide bonds. The molecule has 1 heterocycles. The van der Waals surface area contributed by atoms with Crippen molar-refractivity contribution in [1.82, 2.24) is 20.4 Å². The molecule has 0 aliphatic heterocycles. The summed E-state index contributed by atoms with van der Waals surface area (Å²) in [6, 6.07) is 6.19. The summed E-state index contributed by atoms with van der Waals surface area (Å²) in [4.78, 5) is 10.6. The Bertz CT molecular complexity index is 469. The fraction of sp³-hybridized carbons (Fsp3) is 0. The first-order valence-corrected chi connectivity index (χ1v) is 4.11. The maximum Gasteiger partial charge on any atom is 0.335 e. The van der Waals surface area contributed by atoms with E-state index in [9.17, 15) is 4.79 Å². The van der Waals surface area contributed by atoms with Crippen molar-refractivity contribution in [3.05, 3.63) is 36.2 Å². The van der Waals surface area contributed by atoms with Gasteiger partial charge >= 0.3 is 5.97 Å². The first-order valence-electron chi connectivity index (χ1n) is 4.11. The molecule has 0 atom stereocenters. The van der Waals surface area contributed by atoms with Crippen molar-refractivity contribution in [2.75, 3.05) is 0 Å². The Morgan fingerprint density at radius 1 is 1.07 bits per heavy atom. The molecule has 74 valence electrons. The molecule has 15 heavy (non-hydrogen) atoms. The minimum absolute atomic E-state index is 0.218. The Hall–Kier alpha value is -2.37. The fourth-order valence-corrected chi connectivity index (χ4v) is 1.08. The molecule has 0 radical (unpaired) electrons. The van der Waals surface area contributed by atoms with Gasteiger partial charge in [0.2, 0.25) is 5.82 Å². The molecule has 2 rings (SSSR count). The summed E-state index contributed by atoms with van der Waals surface area (Å²) in [6.07, 6.45) is 1.23. The summed E-state index contributed by atoms with van der Waals surface area (Å²) in [7, 11) is 0. The number of carboxylic acid groups (broad SMARTS) is 1. The summed E-state index contributed by atoms with van der Waals surface area (Å²) in [5.41, 5.74) is 0.899. The Balaban J connectivity index is 2.36. The highest BCUT2D eigenvalue weighted by Crippen LogP contribution is 2.13. The molecule has 1 aromatic carbocycles. The van der Waals surface area contributed by atoms with Crippen LogP contribution in [0, 0.1) is 0 Å². The van der Waals surface area contributed by atoms with Crippen molar-refractivity contribution in [3.8, 4) is 11.4 Å². The van der Waals surface area contributed by atoms with Gasteiger partial charge in [0.1, 0.15) is 0 Å². The van der Waals surface area contributed by atoms with E-state index in [1.165, 1.54) is 18.5 Å². The number of nitrogens with zero attached hydrogens (tertiary/aromatic N) is 4. The van der Waals surface area contributed by atoms with Crippen LogP contribution >= 0.6 is 0 Å². The first-order chi connectivity index (χ1) is 7.27. The van der Waals surface area contributed by atoms with Gasteiger partial charge in [0.05, 0.1) is 5.56 Å². The van der Waals surface area contributed by atoms with E-state index < -0.39 is 5.97 Å². The summed E-state index contributed by atoms with van der Waals surface area (Å²) in [5, 5.41) is 23.4. The zero-order valence-electron chi connectivity index (χ0n) is 7.53. The molecule has 0 fully saturated rings. The van der Waals surface area contributed by atoms with Crippen LogP contribution in [0.2, 0.25) is 0 Å². The molecule has 0 saturated heterocycles. The molecule has 6 heteroatoms. The number of carbonyl (C=O) groups is 1. The third-order valence-electron chi connectivity index (χ3n) is 1.80. The number of carboxylic acids is 1. The van der Waals surface area contributed by atoms with Gasteiger partial charge in [-0.2, -0.15) is 0 Å². The Morgan fingerprint density at radius 3 is 2.20 bits per heavy atom. The number of rotatable bonds is 2. The van der Waals surface area contributed by atoms with Crippen LogP contribution < -0.4 is 0 Å². The Morgan fingerprint density at radius 2 is 1.67 bits per heavy atom. The maximum absolute atomic E-state index is 10.6. The number of benzene rings is 1. The molecule has 1 N–H and O–H groups in total. The van der Waals surface area contributed by atoms with Crippen molar-refractivity contribution in [1.29, 1.82) is 0 Å². The number of aromatic nitrogens is 4. The van der Waals surface area contributed by atoms with Gasteiger partial charge in [0, 0.05) is 5.56 Å². The van der Waals surface area contributed by atoms with Gasteiger partial charge in [-0.05, 0) is 12.1 Å². The van der Waals surface area contributed by atoms with E-state index in [-0.39, 0.29) is 5.56 Å². The van der Waals surface area contributed by atoms with Gasteiger partial charge in [-0.25, -0.2) is 4.79 Å². The highest BCUT2D eigenvalue weighted by molar-refractivity contribution is 5.88. The van der Waals surface area contributed by atoms with Crippen LogP contribution in [0.25, 0.3) is 11.4 Å². The van der Waals surface area contributed by atoms with Crippen molar-refractivity contribution >= 4 is 5.97 Å². The van der Waals surface area contributed by atoms with Crippen LogP contribution in [0.3, 0.4) is 0 Å². The van der Waals surface area contributed by atoms with Gasteiger partial charge in [-0.3, -0.25) is 0 Å². The summed E-state index contributed by atoms with van der Waals surface area (Å²) in [5.74, 6) is -0.596. The minimum Gasteiger partial charge on any atom is -0.478 e. The van der Waals surface area contributed by atoms with Gasteiger partial charge in [0.25, 0.3) is 0 Å². The average molecular weight is 202 g/mol. The lowest BCUT2D eigenvalue weighted by molar-refractivity contribution is 0.0697. The standard InChI is InChI=1S/C9H6N4O2/c14-9(15)7-3-1-6(2-4-7)8-12-10-5-11-13-8/h1-5H,(H,14,15). The third-order valence-corrected chi connectivity index (χ3v) is 1.80. The molecule has 6 nitrogen and oxygen atoms in total. The van der Waals surface area contributed by atoms with Gasteiger partial charge < -0.3 is 5.11 Å². The van der Waals surface area contributed by atoms with E-state index in [0.717, 1.165) is 0 Å². The summed E-state index contributed by atoms with van der Waals surface area (Å²) in [6.45, 7) is 0. The van der Waals surface area contributed by atoms with Crippen molar-refractivity contribution in [2.24, 2.45) is 0 Å². The number of hydrogen-bond donors (Lipinski definition) is 1. The third kappa shape index (κ3) is 1.93.